The summed E-state index contributed by atoms with van der Waals surface area (Å²) in [6.45, 7) is 3.91. The minimum absolute atomic E-state index is 0.0126. The molecule has 0 aliphatic carbocycles. The van der Waals surface area contributed by atoms with Crippen molar-refractivity contribution in [3.8, 4) is 0 Å². The molecule has 8 heteroatoms. The normalized spacial score (nSPS) is 24.3. The second-order valence-corrected chi connectivity index (χ2v) is 7.25. The second-order valence-electron chi connectivity index (χ2n) is 5.60. The number of nitrogens with zero attached hydrogens (tertiary/aromatic N) is 2. The summed E-state index contributed by atoms with van der Waals surface area (Å²) in [5.41, 5.74) is 0.556. The minimum Gasteiger partial charge on any atom is -0.375 e. The van der Waals surface area contributed by atoms with E-state index in [-0.39, 0.29) is 29.9 Å². The highest BCUT2D eigenvalue weighted by Gasteiger charge is 2.30. The maximum Gasteiger partial charge on any atom is 0.263 e. The Hall–Kier alpha value is -1.93. The molecule has 1 amide bonds. The SMILES string of the molecule is CC1CN(C(=O)CCN=C2NS(=O)(=O)c3ccccc32)CCO1. The van der Waals surface area contributed by atoms with E-state index in [2.05, 4.69) is 9.71 Å². The average molecular weight is 337 g/mol. The molecule has 0 bridgehead atoms. The van der Waals surface area contributed by atoms with Crippen molar-refractivity contribution in [2.75, 3.05) is 26.2 Å². The fourth-order valence-electron chi connectivity index (χ4n) is 2.72. The number of fused-ring (bicyclic) bond motifs is 1. The Morgan fingerprint density at radius 1 is 1.43 bits per heavy atom. The lowest BCUT2D eigenvalue weighted by Gasteiger charge is -2.31. The van der Waals surface area contributed by atoms with Gasteiger partial charge in [-0.2, -0.15) is 0 Å². The highest BCUT2D eigenvalue weighted by atomic mass is 32.2. The molecule has 2 aliphatic heterocycles. The molecule has 0 radical (unpaired) electrons. The number of carbonyl (C=O) groups excluding carboxylic acids is 1. The highest BCUT2D eigenvalue weighted by Crippen LogP contribution is 2.22. The van der Waals surface area contributed by atoms with E-state index >= 15 is 0 Å². The van der Waals surface area contributed by atoms with Crippen LogP contribution in [0.5, 0.6) is 0 Å². The summed E-state index contributed by atoms with van der Waals surface area (Å²) in [6.07, 6.45) is 0.299. The molecule has 1 fully saturated rings. The van der Waals surface area contributed by atoms with Crippen LogP contribution in [0.3, 0.4) is 0 Å². The van der Waals surface area contributed by atoms with Crippen LogP contribution in [0, 0.1) is 0 Å². The first kappa shape index (κ1) is 15.9. The molecule has 23 heavy (non-hydrogen) atoms. The zero-order valence-electron chi connectivity index (χ0n) is 12.9. The smallest absolute Gasteiger partial charge is 0.263 e. The third-order valence-electron chi connectivity index (χ3n) is 3.85. The number of morpholine rings is 1. The monoisotopic (exact) mass is 337 g/mol. The maximum absolute atomic E-state index is 12.2. The fraction of sp³-hybridized carbons (Fsp3) is 0.467. The first-order chi connectivity index (χ1) is 11.0. The topological polar surface area (TPSA) is 88.1 Å². The molecular weight excluding hydrogens is 318 g/mol. The lowest BCUT2D eigenvalue weighted by molar-refractivity contribution is -0.137. The molecule has 7 nitrogen and oxygen atoms in total. The Balaban J connectivity index is 1.64. The quantitative estimate of drug-likeness (QED) is 0.863. The summed E-state index contributed by atoms with van der Waals surface area (Å²) in [5, 5.41) is 0. The number of amides is 1. The molecule has 1 saturated heterocycles. The van der Waals surface area contributed by atoms with Crippen LogP contribution < -0.4 is 4.72 Å². The number of amidine groups is 1. The van der Waals surface area contributed by atoms with E-state index in [1.165, 1.54) is 0 Å². The zero-order valence-corrected chi connectivity index (χ0v) is 13.7. The number of rotatable bonds is 3. The van der Waals surface area contributed by atoms with Gasteiger partial charge in [0, 0.05) is 25.1 Å². The Morgan fingerprint density at radius 2 is 2.22 bits per heavy atom. The van der Waals surface area contributed by atoms with Crippen molar-refractivity contribution in [2.24, 2.45) is 4.99 Å². The van der Waals surface area contributed by atoms with Gasteiger partial charge in [0.25, 0.3) is 10.0 Å². The average Bonchev–Trinajstić information content (AvgIpc) is 2.79. The Kier molecular flexibility index (Phi) is 4.36. The molecule has 2 heterocycles. The molecule has 3 rings (SSSR count). The van der Waals surface area contributed by atoms with Crippen LogP contribution in [0.4, 0.5) is 0 Å². The van der Waals surface area contributed by atoms with E-state index in [1.54, 1.807) is 29.2 Å². The van der Waals surface area contributed by atoms with E-state index in [4.69, 9.17) is 4.74 Å². The molecule has 124 valence electrons. The van der Waals surface area contributed by atoms with Gasteiger partial charge >= 0.3 is 0 Å². The van der Waals surface area contributed by atoms with Crippen LogP contribution in [-0.4, -0.2) is 57.4 Å². The number of sulfonamides is 1. The molecule has 0 spiro atoms. The van der Waals surface area contributed by atoms with Crippen LogP contribution in [0.1, 0.15) is 18.9 Å². The standard InChI is InChI=1S/C15H19N3O4S/c1-11-10-18(8-9-22-11)14(19)6-7-16-15-12-4-2-3-5-13(12)23(20,21)17-15/h2-5,11H,6-10H2,1H3,(H,16,17). The van der Waals surface area contributed by atoms with E-state index < -0.39 is 10.0 Å². The van der Waals surface area contributed by atoms with Crippen LogP contribution >= 0.6 is 0 Å². The number of ether oxygens (including phenoxy) is 1. The van der Waals surface area contributed by atoms with Crippen molar-refractivity contribution < 1.29 is 17.9 Å². The van der Waals surface area contributed by atoms with E-state index in [1.807, 2.05) is 6.92 Å². The van der Waals surface area contributed by atoms with E-state index in [0.29, 0.717) is 31.1 Å². The van der Waals surface area contributed by atoms with Crippen molar-refractivity contribution in [2.45, 2.75) is 24.3 Å². The number of nitrogens with one attached hydrogen (secondary N) is 1. The second kappa shape index (κ2) is 6.29. The van der Waals surface area contributed by atoms with Gasteiger partial charge < -0.3 is 9.64 Å². The predicted octanol–water partition coefficient (Wildman–Crippen LogP) is 0.363. The number of benzene rings is 1. The summed E-state index contributed by atoms with van der Waals surface area (Å²) >= 11 is 0. The minimum atomic E-state index is -3.53. The van der Waals surface area contributed by atoms with Crippen LogP contribution in [-0.2, 0) is 19.6 Å². The van der Waals surface area contributed by atoms with Gasteiger partial charge in [0.05, 0.1) is 24.2 Å². The van der Waals surface area contributed by atoms with Gasteiger partial charge in [-0.1, -0.05) is 12.1 Å². The highest BCUT2D eigenvalue weighted by molar-refractivity contribution is 7.90. The Bertz CT molecular complexity index is 745. The summed E-state index contributed by atoms with van der Waals surface area (Å²) in [7, 11) is -3.53. The van der Waals surface area contributed by atoms with Crippen molar-refractivity contribution in [1.82, 2.24) is 9.62 Å². The van der Waals surface area contributed by atoms with Gasteiger partial charge in [-0.15, -0.1) is 0 Å². The van der Waals surface area contributed by atoms with E-state index in [0.717, 1.165) is 0 Å². The molecule has 0 saturated carbocycles. The number of aliphatic imine (C=N–C) groups is 1. The first-order valence-electron chi connectivity index (χ1n) is 7.53. The number of hydrogen-bond acceptors (Lipinski definition) is 5. The van der Waals surface area contributed by atoms with Gasteiger partial charge in [-0.3, -0.25) is 14.5 Å². The van der Waals surface area contributed by atoms with Gasteiger partial charge in [0.1, 0.15) is 5.84 Å². The Labute approximate surface area is 135 Å². The molecule has 1 unspecified atom stereocenters. The lowest BCUT2D eigenvalue weighted by Crippen LogP contribution is -2.44. The van der Waals surface area contributed by atoms with Gasteiger partial charge in [0.2, 0.25) is 5.91 Å². The molecule has 1 N–H and O–H groups in total. The summed E-state index contributed by atoms with van der Waals surface area (Å²) < 4.78 is 31.8. The van der Waals surface area contributed by atoms with E-state index in [9.17, 15) is 13.2 Å². The number of hydrogen-bond donors (Lipinski definition) is 1. The molecule has 1 aromatic carbocycles. The lowest BCUT2D eigenvalue weighted by atomic mass is 10.2. The van der Waals surface area contributed by atoms with Gasteiger partial charge in [-0.05, 0) is 19.1 Å². The number of carbonyl (C=O) groups is 1. The van der Waals surface area contributed by atoms with Crippen molar-refractivity contribution in [3.63, 3.8) is 0 Å². The largest absolute Gasteiger partial charge is 0.375 e. The third-order valence-corrected chi connectivity index (χ3v) is 5.25. The fourth-order valence-corrected chi connectivity index (χ4v) is 3.97. The van der Waals surface area contributed by atoms with Gasteiger partial charge in [-0.25, -0.2) is 8.42 Å². The van der Waals surface area contributed by atoms with Crippen molar-refractivity contribution in [3.05, 3.63) is 29.8 Å². The Morgan fingerprint density at radius 3 is 3.00 bits per heavy atom. The summed E-state index contributed by atoms with van der Waals surface area (Å²) in [5.74, 6) is 0.322. The van der Waals surface area contributed by atoms with Gasteiger partial charge in [0.15, 0.2) is 0 Å². The molecule has 1 atom stereocenters. The molecule has 1 aromatic rings. The molecule has 0 aromatic heterocycles. The third kappa shape index (κ3) is 3.37. The van der Waals surface area contributed by atoms with Crippen LogP contribution in [0.15, 0.2) is 34.2 Å². The van der Waals surface area contributed by atoms with Crippen LogP contribution in [0.2, 0.25) is 0 Å². The predicted molar refractivity (Wildman–Crippen MR) is 84.8 cm³/mol. The summed E-state index contributed by atoms with van der Waals surface area (Å²) in [4.78, 5) is 18.4. The zero-order chi connectivity index (χ0) is 16.4. The molecule has 2 aliphatic rings. The van der Waals surface area contributed by atoms with Crippen LogP contribution in [0.25, 0.3) is 0 Å². The first-order valence-corrected chi connectivity index (χ1v) is 9.02. The summed E-state index contributed by atoms with van der Waals surface area (Å²) in [6, 6.07) is 6.68. The maximum atomic E-state index is 12.2. The van der Waals surface area contributed by atoms with Crippen molar-refractivity contribution >= 4 is 21.8 Å². The van der Waals surface area contributed by atoms with Crippen molar-refractivity contribution in [1.29, 1.82) is 0 Å². The molecular formula is C15H19N3O4S.